The summed E-state index contributed by atoms with van der Waals surface area (Å²) in [5.41, 5.74) is 2.30. The maximum absolute atomic E-state index is 12.6. The van der Waals surface area contributed by atoms with E-state index in [1.807, 2.05) is 31.3 Å². The average molecular weight is 332 g/mol. The van der Waals surface area contributed by atoms with Crippen LogP contribution in [0.5, 0.6) is 5.75 Å². The third-order valence-electron chi connectivity index (χ3n) is 4.02. The normalized spacial score (nSPS) is 17.4. The van der Waals surface area contributed by atoms with Gasteiger partial charge in [0.25, 0.3) is 5.91 Å². The molecule has 4 nitrogen and oxygen atoms in total. The van der Waals surface area contributed by atoms with Crippen LogP contribution in [-0.4, -0.2) is 31.0 Å². The van der Waals surface area contributed by atoms with E-state index in [0.29, 0.717) is 6.54 Å². The van der Waals surface area contributed by atoms with Gasteiger partial charge in [0, 0.05) is 13.1 Å². The van der Waals surface area contributed by atoms with Gasteiger partial charge in [-0.05, 0) is 30.3 Å². The Hall–Kier alpha value is -2.47. The van der Waals surface area contributed by atoms with Crippen LogP contribution < -0.4 is 10.1 Å². The summed E-state index contributed by atoms with van der Waals surface area (Å²) >= 11 is 0. The van der Waals surface area contributed by atoms with Gasteiger partial charge in [0.05, 0.1) is 11.6 Å². The largest absolute Gasteiger partial charge is 0.434 e. The van der Waals surface area contributed by atoms with E-state index in [1.165, 1.54) is 12.1 Å². The molecule has 1 unspecified atom stereocenters. The topological polar surface area (TPSA) is 41.6 Å². The Bertz CT molecular complexity index is 736. The Labute approximate surface area is 139 Å². The second-order valence-corrected chi connectivity index (χ2v) is 5.80. The van der Waals surface area contributed by atoms with Gasteiger partial charge >= 0.3 is 6.61 Å². The number of rotatable bonds is 4. The minimum absolute atomic E-state index is 0.100. The maximum Gasteiger partial charge on any atom is 0.387 e. The van der Waals surface area contributed by atoms with Crippen molar-refractivity contribution in [2.45, 2.75) is 19.2 Å². The number of hydrogen-bond acceptors (Lipinski definition) is 3. The molecular formula is C18H18F2N2O2. The van der Waals surface area contributed by atoms with Crippen LogP contribution in [-0.2, 0) is 6.54 Å². The number of nitrogens with one attached hydrogen (secondary N) is 1. The lowest BCUT2D eigenvalue weighted by molar-refractivity contribution is -0.0501. The van der Waals surface area contributed by atoms with Crippen LogP contribution in [0.3, 0.4) is 0 Å². The molecule has 6 heteroatoms. The van der Waals surface area contributed by atoms with E-state index >= 15 is 0 Å². The molecule has 3 rings (SSSR count). The van der Waals surface area contributed by atoms with Crippen molar-refractivity contribution < 1.29 is 18.3 Å². The molecule has 2 aromatic carbocycles. The predicted molar refractivity (Wildman–Crippen MR) is 86.1 cm³/mol. The van der Waals surface area contributed by atoms with E-state index in [9.17, 15) is 13.6 Å². The van der Waals surface area contributed by atoms with E-state index in [0.717, 1.165) is 17.7 Å². The lowest BCUT2D eigenvalue weighted by Crippen LogP contribution is -2.40. The minimum atomic E-state index is -2.97. The highest BCUT2D eigenvalue weighted by Gasteiger charge is 2.26. The summed E-state index contributed by atoms with van der Waals surface area (Å²) in [6.07, 6.45) is 0. The molecule has 126 valence electrons. The zero-order chi connectivity index (χ0) is 17.1. The molecule has 1 atom stereocenters. The Kier molecular flexibility index (Phi) is 4.76. The molecular weight excluding hydrogens is 314 g/mol. The summed E-state index contributed by atoms with van der Waals surface area (Å²) in [5, 5.41) is 2.93. The smallest absolute Gasteiger partial charge is 0.387 e. The first-order chi connectivity index (χ1) is 11.5. The van der Waals surface area contributed by atoms with Gasteiger partial charge in [0.15, 0.2) is 0 Å². The van der Waals surface area contributed by atoms with E-state index in [2.05, 4.69) is 15.0 Å². The fourth-order valence-corrected chi connectivity index (χ4v) is 3.00. The monoisotopic (exact) mass is 332 g/mol. The van der Waals surface area contributed by atoms with Crippen molar-refractivity contribution in [3.05, 3.63) is 65.2 Å². The molecule has 1 aliphatic heterocycles. The highest BCUT2D eigenvalue weighted by atomic mass is 19.3. The Morgan fingerprint density at radius 3 is 2.71 bits per heavy atom. The first kappa shape index (κ1) is 16.4. The lowest BCUT2D eigenvalue weighted by Gasteiger charge is -2.32. The van der Waals surface area contributed by atoms with Crippen molar-refractivity contribution in [1.29, 1.82) is 0 Å². The Morgan fingerprint density at radius 1 is 1.21 bits per heavy atom. The van der Waals surface area contributed by atoms with Crippen molar-refractivity contribution >= 4 is 5.91 Å². The highest BCUT2D eigenvalue weighted by molar-refractivity contribution is 5.97. The Morgan fingerprint density at radius 2 is 1.92 bits per heavy atom. The molecule has 0 radical (unpaired) electrons. The molecule has 24 heavy (non-hydrogen) atoms. The molecule has 1 aliphatic rings. The number of likely N-dealkylation sites (N-methyl/N-ethyl adjacent to an activating group) is 1. The number of hydrogen-bond donors (Lipinski definition) is 1. The second kappa shape index (κ2) is 6.97. The summed E-state index contributed by atoms with van der Waals surface area (Å²) in [5.74, 6) is -0.552. The molecule has 2 aromatic rings. The third-order valence-corrected chi connectivity index (χ3v) is 4.02. The number of fused-ring (bicyclic) bond motifs is 1. The van der Waals surface area contributed by atoms with Gasteiger partial charge in [-0.25, -0.2) is 0 Å². The number of carbonyl (C=O) groups excluding carboxylic acids is 1. The third kappa shape index (κ3) is 3.54. The molecule has 1 N–H and O–H groups in total. The summed E-state index contributed by atoms with van der Waals surface area (Å²) in [6, 6.07) is 13.7. The van der Waals surface area contributed by atoms with Crippen LogP contribution in [0.25, 0.3) is 0 Å². The van der Waals surface area contributed by atoms with Gasteiger partial charge in [-0.3, -0.25) is 9.69 Å². The number of halogens is 2. The summed E-state index contributed by atoms with van der Waals surface area (Å²) in [6.45, 7) is -1.51. The molecule has 0 aromatic heterocycles. The van der Waals surface area contributed by atoms with E-state index < -0.39 is 12.5 Å². The van der Waals surface area contributed by atoms with Gasteiger partial charge in [0.1, 0.15) is 5.75 Å². The number of alkyl halides is 2. The zero-order valence-electron chi connectivity index (χ0n) is 13.2. The fraction of sp³-hybridized carbons (Fsp3) is 0.278. The van der Waals surface area contributed by atoms with Crippen LogP contribution in [0.4, 0.5) is 8.78 Å². The van der Waals surface area contributed by atoms with Crippen molar-refractivity contribution in [2.24, 2.45) is 0 Å². The number of benzene rings is 2. The molecule has 0 saturated heterocycles. The van der Waals surface area contributed by atoms with Crippen molar-refractivity contribution in [3.63, 3.8) is 0 Å². The van der Waals surface area contributed by atoms with Gasteiger partial charge < -0.3 is 10.1 Å². The highest BCUT2D eigenvalue weighted by Crippen LogP contribution is 2.27. The van der Waals surface area contributed by atoms with E-state index in [4.69, 9.17) is 0 Å². The fourth-order valence-electron chi connectivity index (χ4n) is 3.00. The summed E-state index contributed by atoms with van der Waals surface area (Å²) in [4.78, 5) is 14.7. The second-order valence-electron chi connectivity index (χ2n) is 5.80. The first-order valence-electron chi connectivity index (χ1n) is 7.65. The molecule has 0 spiro atoms. The van der Waals surface area contributed by atoms with Gasteiger partial charge in [-0.1, -0.05) is 36.4 Å². The molecule has 0 saturated carbocycles. The zero-order valence-corrected chi connectivity index (χ0v) is 13.2. The van der Waals surface area contributed by atoms with Crippen LogP contribution >= 0.6 is 0 Å². The SMILES string of the molecule is CN1Cc2ccccc2C(NC(=O)c2ccccc2OC(F)F)C1. The van der Waals surface area contributed by atoms with Gasteiger partial charge in [0.2, 0.25) is 0 Å². The van der Waals surface area contributed by atoms with Crippen molar-refractivity contribution in [2.75, 3.05) is 13.6 Å². The number of ether oxygens (including phenoxy) is 1. The van der Waals surface area contributed by atoms with Crippen molar-refractivity contribution in [3.8, 4) is 5.75 Å². The number of amides is 1. The molecule has 0 aliphatic carbocycles. The van der Waals surface area contributed by atoms with E-state index in [-0.39, 0.29) is 17.4 Å². The lowest BCUT2D eigenvalue weighted by atomic mass is 9.95. The molecule has 0 fully saturated rings. The number of carbonyl (C=O) groups is 1. The average Bonchev–Trinajstić information content (AvgIpc) is 2.54. The van der Waals surface area contributed by atoms with Gasteiger partial charge in [-0.15, -0.1) is 0 Å². The van der Waals surface area contributed by atoms with Crippen LogP contribution in [0.2, 0.25) is 0 Å². The van der Waals surface area contributed by atoms with Crippen LogP contribution in [0.1, 0.15) is 27.5 Å². The number of nitrogens with zero attached hydrogens (tertiary/aromatic N) is 1. The molecule has 1 amide bonds. The standard InChI is InChI=1S/C18H18F2N2O2/c1-22-10-12-6-2-3-7-13(12)15(11-22)21-17(23)14-8-4-5-9-16(14)24-18(19)20/h2-9,15,18H,10-11H2,1H3,(H,21,23). The van der Waals surface area contributed by atoms with Crippen molar-refractivity contribution in [1.82, 2.24) is 10.2 Å². The predicted octanol–water partition coefficient (Wildman–Crippen LogP) is 3.20. The van der Waals surface area contributed by atoms with E-state index in [1.54, 1.807) is 12.1 Å². The minimum Gasteiger partial charge on any atom is -0.434 e. The molecule has 0 bridgehead atoms. The summed E-state index contributed by atoms with van der Waals surface area (Å²) < 4.78 is 29.5. The van der Waals surface area contributed by atoms with Gasteiger partial charge in [-0.2, -0.15) is 8.78 Å². The van der Waals surface area contributed by atoms with Crippen LogP contribution in [0.15, 0.2) is 48.5 Å². The summed E-state index contributed by atoms with van der Waals surface area (Å²) in [7, 11) is 1.98. The number of para-hydroxylation sites is 1. The molecule has 1 heterocycles. The Balaban J connectivity index is 1.83. The maximum atomic E-state index is 12.6. The quantitative estimate of drug-likeness (QED) is 0.935. The first-order valence-corrected chi connectivity index (χ1v) is 7.65. The van der Waals surface area contributed by atoms with Crippen LogP contribution in [0, 0.1) is 0 Å².